The van der Waals surface area contributed by atoms with Crippen LogP contribution in [0.5, 0.6) is 0 Å². The van der Waals surface area contributed by atoms with Crippen LogP contribution in [-0.4, -0.2) is 58.6 Å². The molecule has 5 rings (SSSR count). The van der Waals surface area contributed by atoms with Crippen molar-refractivity contribution in [2.45, 2.75) is 163 Å². The zero-order valence-corrected chi connectivity index (χ0v) is 29.1. The van der Waals surface area contributed by atoms with E-state index in [1.807, 2.05) is 13.8 Å². The Morgan fingerprint density at radius 3 is 1.91 bits per heavy atom. The molecular formula is C36H58O8. The van der Waals surface area contributed by atoms with Crippen molar-refractivity contribution in [2.75, 3.05) is 0 Å². The van der Waals surface area contributed by atoms with Crippen LogP contribution < -0.4 is 0 Å². The van der Waals surface area contributed by atoms with Crippen molar-refractivity contribution in [1.82, 2.24) is 0 Å². The van der Waals surface area contributed by atoms with Gasteiger partial charge in [0.25, 0.3) is 0 Å². The summed E-state index contributed by atoms with van der Waals surface area (Å²) >= 11 is 0. The van der Waals surface area contributed by atoms with Gasteiger partial charge in [-0.3, -0.25) is 14.4 Å². The van der Waals surface area contributed by atoms with Gasteiger partial charge in [-0.1, -0.05) is 34.6 Å². The SMILES string of the molecule is CC(=O)O[C@H]1C[C@H]2[C@]3(C)CC[C@@H](OC(C)=O)C(C)(C)[C@H]3[C@H](OC(C)=O)C[C@]2(C)[C@@]2(C)CC[C@@H]([C@@]3(C)CC[C@@H](C(C)(C)O)O3)[C@H]12. The van der Waals surface area contributed by atoms with Gasteiger partial charge in [0, 0.05) is 38.0 Å². The topological polar surface area (TPSA) is 108 Å². The molecule has 1 saturated heterocycles. The van der Waals surface area contributed by atoms with Crippen molar-refractivity contribution >= 4 is 17.9 Å². The molecule has 8 heteroatoms. The van der Waals surface area contributed by atoms with Crippen LogP contribution >= 0.6 is 0 Å². The summed E-state index contributed by atoms with van der Waals surface area (Å²) < 4.78 is 25.3. The summed E-state index contributed by atoms with van der Waals surface area (Å²) in [4.78, 5) is 37.6. The van der Waals surface area contributed by atoms with Gasteiger partial charge in [0.05, 0.1) is 17.3 Å². The lowest BCUT2D eigenvalue weighted by atomic mass is 9.34. The maximum atomic E-state index is 12.7. The standard InChI is InChI=1S/C36H58O8/c1-20(37)41-24-18-26-33(8)15-13-27(43-22(3)39)31(4,5)30(33)25(42-21(2)38)19-35(26,10)34(9)16-12-23(29(24)34)36(11)17-14-28(44-36)32(6,7)40/h23-30,40H,12-19H2,1-11H3/t23-,24+,25-,26+,27-,28+,29-,30-,33+,34+,35+,36-/m1/s1. The first kappa shape index (κ1) is 33.7. The van der Waals surface area contributed by atoms with Crippen LogP contribution in [0.15, 0.2) is 0 Å². The molecule has 1 aliphatic heterocycles. The fourth-order valence-corrected chi connectivity index (χ4v) is 12.2. The minimum Gasteiger partial charge on any atom is -0.462 e. The molecular weight excluding hydrogens is 560 g/mol. The van der Waals surface area contributed by atoms with Gasteiger partial charge in [0.2, 0.25) is 0 Å². The number of aliphatic hydroxyl groups is 1. The Labute approximate surface area is 264 Å². The van der Waals surface area contributed by atoms with Crippen molar-refractivity contribution in [1.29, 1.82) is 0 Å². The third kappa shape index (κ3) is 5.03. The first-order chi connectivity index (χ1) is 20.1. The molecule has 8 nitrogen and oxygen atoms in total. The number of carbonyl (C=O) groups is 3. The Morgan fingerprint density at radius 2 is 1.36 bits per heavy atom. The maximum absolute atomic E-state index is 12.7. The highest BCUT2D eigenvalue weighted by Gasteiger charge is 2.75. The molecule has 5 aliphatic rings. The highest BCUT2D eigenvalue weighted by Crippen LogP contribution is 2.76. The van der Waals surface area contributed by atoms with Crippen molar-refractivity contribution in [2.24, 2.45) is 45.3 Å². The summed E-state index contributed by atoms with van der Waals surface area (Å²) in [5.74, 6) is -0.423. The zero-order chi connectivity index (χ0) is 32.8. The molecule has 250 valence electrons. The summed E-state index contributed by atoms with van der Waals surface area (Å²) in [6, 6.07) is 0. The van der Waals surface area contributed by atoms with E-state index in [-0.39, 0.29) is 82.2 Å². The van der Waals surface area contributed by atoms with E-state index in [1.54, 1.807) is 0 Å². The average molecular weight is 619 g/mol. The van der Waals surface area contributed by atoms with Crippen LogP contribution in [-0.2, 0) is 33.3 Å². The van der Waals surface area contributed by atoms with E-state index in [0.29, 0.717) is 6.42 Å². The molecule has 0 aromatic rings. The predicted molar refractivity (Wildman–Crippen MR) is 165 cm³/mol. The smallest absolute Gasteiger partial charge is 0.302 e. The van der Waals surface area contributed by atoms with Crippen molar-refractivity contribution in [3.63, 3.8) is 0 Å². The van der Waals surface area contributed by atoms with E-state index in [2.05, 4.69) is 41.5 Å². The van der Waals surface area contributed by atoms with Gasteiger partial charge in [0.1, 0.15) is 18.3 Å². The lowest BCUT2D eigenvalue weighted by Crippen LogP contribution is -2.70. The van der Waals surface area contributed by atoms with Gasteiger partial charge < -0.3 is 24.1 Å². The first-order valence-corrected chi connectivity index (χ1v) is 17.0. The molecule has 4 aliphatic carbocycles. The van der Waals surface area contributed by atoms with Crippen LogP contribution in [0, 0.1) is 45.3 Å². The molecule has 0 unspecified atom stereocenters. The highest BCUT2D eigenvalue weighted by atomic mass is 16.6. The number of fused-ring (bicyclic) bond motifs is 5. The molecule has 4 saturated carbocycles. The third-order valence-corrected chi connectivity index (χ3v) is 14.0. The molecule has 0 aromatic carbocycles. The van der Waals surface area contributed by atoms with E-state index >= 15 is 0 Å². The van der Waals surface area contributed by atoms with Gasteiger partial charge in [0.15, 0.2) is 0 Å². The molecule has 5 fully saturated rings. The molecule has 0 bridgehead atoms. The lowest BCUT2D eigenvalue weighted by molar-refractivity contribution is -0.281. The number of hydrogen-bond donors (Lipinski definition) is 1. The van der Waals surface area contributed by atoms with Crippen LogP contribution in [0.2, 0.25) is 0 Å². The van der Waals surface area contributed by atoms with Gasteiger partial charge in [-0.25, -0.2) is 0 Å². The predicted octanol–water partition coefficient (Wildman–Crippen LogP) is 6.40. The number of hydrogen-bond acceptors (Lipinski definition) is 8. The Hall–Kier alpha value is -1.67. The number of ether oxygens (including phenoxy) is 4. The molecule has 0 amide bonds. The van der Waals surface area contributed by atoms with Crippen molar-refractivity contribution in [3.8, 4) is 0 Å². The van der Waals surface area contributed by atoms with E-state index in [4.69, 9.17) is 18.9 Å². The first-order valence-electron chi connectivity index (χ1n) is 17.0. The average Bonchev–Trinajstić information content (AvgIpc) is 3.44. The quantitative estimate of drug-likeness (QED) is 0.279. The summed E-state index contributed by atoms with van der Waals surface area (Å²) in [6.45, 7) is 21.8. The highest BCUT2D eigenvalue weighted by molar-refractivity contribution is 5.67. The summed E-state index contributed by atoms with van der Waals surface area (Å²) in [5, 5.41) is 10.8. The Bertz CT molecular complexity index is 1170. The second-order valence-electron chi connectivity index (χ2n) is 17.3. The normalized spacial score (nSPS) is 48.0. The van der Waals surface area contributed by atoms with E-state index in [1.165, 1.54) is 20.8 Å². The molecule has 0 spiro atoms. The number of carbonyl (C=O) groups excluding carboxylic acids is 3. The van der Waals surface area contributed by atoms with Gasteiger partial charge in [-0.2, -0.15) is 0 Å². The largest absolute Gasteiger partial charge is 0.462 e. The van der Waals surface area contributed by atoms with Gasteiger partial charge in [-0.15, -0.1) is 0 Å². The molecule has 0 aromatic heterocycles. The van der Waals surface area contributed by atoms with Crippen molar-refractivity contribution in [3.05, 3.63) is 0 Å². The number of rotatable bonds is 5. The molecule has 12 atom stereocenters. The van der Waals surface area contributed by atoms with Gasteiger partial charge >= 0.3 is 17.9 Å². The Kier molecular flexibility index (Phi) is 8.18. The van der Waals surface area contributed by atoms with Crippen LogP contribution in [0.25, 0.3) is 0 Å². The molecule has 1 N–H and O–H groups in total. The second-order valence-corrected chi connectivity index (χ2v) is 17.3. The van der Waals surface area contributed by atoms with Crippen LogP contribution in [0.1, 0.15) is 128 Å². The Balaban J connectivity index is 1.60. The molecule has 1 heterocycles. The third-order valence-electron chi connectivity index (χ3n) is 14.0. The summed E-state index contributed by atoms with van der Waals surface area (Å²) in [5.41, 5.74) is -2.44. The second kappa shape index (κ2) is 10.7. The zero-order valence-electron chi connectivity index (χ0n) is 29.1. The number of esters is 3. The Morgan fingerprint density at radius 1 is 0.773 bits per heavy atom. The monoisotopic (exact) mass is 618 g/mol. The minimum absolute atomic E-state index is 0.0337. The van der Waals surface area contributed by atoms with Gasteiger partial charge in [-0.05, 0) is 100 Å². The van der Waals surface area contributed by atoms with Crippen LogP contribution in [0.4, 0.5) is 0 Å². The summed E-state index contributed by atoms with van der Waals surface area (Å²) in [6.07, 6.45) is 5.50. The minimum atomic E-state index is -0.930. The van der Waals surface area contributed by atoms with E-state index in [9.17, 15) is 19.5 Å². The molecule has 44 heavy (non-hydrogen) atoms. The lowest BCUT2D eigenvalue weighted by Gasteiger charge is -2.71. The van der Waals surface area contributed by atoms with Crippen molar-refractivity contribution < 1.29 is 38.4 Å². The molecule has 0 radical (unpaired) electrons. The van der Waals surface area contributed by atoms with E-state index < -0.39 is 16.6 Å². The maximum Gasteiger partial charge on any atom is 0.302 e. The fourth-order valence-electron chi connectivity index (χ4n) is 12.2. The summed E-state index contributed by atoms with van der Waals surface area (Å²) in [7, 11) is 0. The van der Waals surface area contributed by atoms with E-state index in [0.717, 1.165) is 44.9 Å². The van der Waals surface area contributed by atoms with Crippen LogP contribution in [0.3, 0.4) is 0 Å². The fraction of sp³-hybridized carbons (Fsp3) is 0.917.